The molecule has 0 radical (unpaired) electrons. The van der Waals surface area contributed by atoms with Gasteiger partial charge in [-0.2, -0.15) is 0 Å². The summed E-state index contributed by atoms with van der Waals surface area (Å²) in [6.07, 6.45) is 10.3. The van der Waals surface area contributed by atoms with E-state index in [4.69, 9.17) is 20.4 Å². The van der Waals surface area contributed by atoms with Crippen molar-refractivity contribution in [1.29, 1.82) is 0 Å². The fourth-order valence-electron chi connectivity index (χ4n) is 7.91. The Balaban J connectivity index is 0.937. The number of aromatic nitrogens is 4. The van der Waals surface area contributed by atoms with Crippen LogP contribution < -0.4 is 15.5 Å². The van der Waals surface area contributed by atoms with E-state index in [-0.39, 0.29) is 23.9 Å². The molecule has 250 valence electrons. The molecular formula is C35H47N9O3. The lowest BCUT2D eigenvalue weighted by Gasteiger charge is -2.42. The summed E-state index contributed by atoms with van der Waals surface area (Å²) >= 11 is 0. The van der Waals surface area contributed by atoms with E-state index in [1.165, 1.54) is 5.56 Å². The van der Waals surface area contributed by atoms with Crippen molar-refractivity contribution in [3.63, 3.8) is 0 Å². The molecule has 3 N–H and O–H groups in total. The summed E-state index contributed by atoms with van der Waals surface area (Å²) in [5.74, 6) is 1.85. The normalized spacial score (nSPS) is 22.9. The van der Waals surface area contributed by atoms with Gasteiger partial charge in [0.15, 0.2) is 5.82 Å². The number of rotatable bonds is 5. The van der Waals surface area contributed by atoms with Gasteiger partial charge in [-0.3, -0.25) is 0 Å². The maximum atomic E-state index is 12.5. The molecule has 47 heavy (non-hydrogen) atoms. The predicted molar refractivity (Wildman–Crippen MR) is 181 cm³/mol. The van der Waals surface area contributed by atoms with Crippen molar-refractivity contribution in [2.45, 2.75) is 88.9 Å². The minimum absolute atomic E-state index is 0.172. The molecule has 4 aliphatic rings. The number of carbonyl (C=O) groups is 1. The highest BCUT2D eigenvalue weighted by Gasteiger charge is 2.42. The predicted octanol–water partition coefficient (Wildman–Crippen LogP) is 4.66. The number of aromatic hydroxyl groups is 1. The number of likely N-dealkylation sites (tertiary alicyclic amines) is 2. The fraction of sp³-hybridized carbons (Fsp3) is 0.571. The number of ether oxygens (including phenoxy) is 1. The number of hydrogen-bond donors (Lipinski definition) is 2. The van der Waals surface area contributed by atoms with Crippen molar-refractivity contribution in [2.24, 2.45) is 0 Å². The average molecular weight is 642 g/mol. The second-order valence-corrected chi connectivity index (χ2v) is 14.5. The van der Waals surface area contributed by atoms with E-state index in [1.807, 2.05) is 43.9 Å². The summed E-state index contributed by atoms with van der Waals surface area (Å²) in [6.45, 7) is 11.0. The van der Waals surface area contributed by atoms with Gasteiger partial charge in [0.05, 0.1) is 11.4 Å². The zero-order chi connectivity index (χ0) is 32.7. The lowest BCUT2D eigenvalue weighted by molar-refractivity contribution is 0.0127. The summed E-state index contributed by atoms with van der Waals surface area (Å²) in [5, 5.41) is 18.9. The number of carbonyl (C=O) groups excluding carboxylic acids is 1. The van der Waals surface area contributed by atoms with Crippen LogP contribution in [0.25, 0.3) is 11.3 Å². The third-order valence-electron chi connectivity index (χ3n) is 10.3. The van der Waals surface area contributed by atoms with E-state index in [2.05, 4.69) is 37.3 Å². The number of fused-ring (bicyclic) bond motifs is 2. The Morgan fingerprint density at radius 2 is 1.55 bits per heavy atom. The molecule has 2 unspecified atom stereocenters. The molecule has 0 spiro atoms. The van der Waals surface area contributed by atoms with E-state index in [0.717, 1.165) is 89.4 Å². The minimum Gasteiger partial charge on any atom is -0.507 e. The first-order valence-corrected chi connectivity index (χ1v) is 17.1. The highest BCUT2D eigenvalue weighted by atomic mass is 16.6. The molecule has 6 heterocycles. The number of para-hydroxylation sites is 1. The van der Waals surface area contributed by atoms with Gasteiger partial charge in [0.1, 0.15) is 11.4 Å². The summed E-state index contributed by atoms with van der Waals surface area (Å²) in [6, 6.07) is 10.2. The van der Waals surface area contributed by atoms with Gasteiger partial charge in [0.25, 0.3) is 0 Å². The van der Waals surface area contributed by atoms with Crippen LogP contribution in [0.5, 0.6) is 5.75 Å². The zero-order valence-corrected chi connectivity index (χ0v) is 27.8. The Morgan fingerprint density at radius 3 is 2.19 bits per heavy atom. The number of amides is 1. The smallest absolute Gasteiger partial charge is 0.410 e. The second-order valence-electron chi connectivity index (χ2n) is 14.5. The molecule has 2 atom stereocenters. The Labute approximate surface area is 276 Å². The SMILES string of the molecule is CC(C)(C)OC(=O)N1CCC(N2CCC(c3cnc(N4C5CCC4CN(c4cc(-c6ccccc6O)nnc4N)C5)nc3)CC2)CC1. The van der Waals surface area contributed by atoms with Gasteiger partial charge in [-0.05, 0) is 102 Å². The first kappa shape index (κ1) is 31.4. The summed E-state index contributed by atoms with van der Waals surface area (Å²) in [4.78, 5) is 31.5. The van der Waals surface area contributed by atoms with Gasteiger partial charge in [-0.1, -0.05) is 12.1 Å². The van der Waals surface area contributed by atoms with E-state index < -0.39 is 5.60 Å². The van der Waals surface area contributed by atoms with Gasteiger partial charge < -0.3 is 35.2 Å². The Hall–Kier alpha value is -4.19. The van der Waals surface area contributed by atoms with Crippen LogP contribution in [0.2, 0.25) is 0 Å². The lowest BCUT2D eigenvalue weighted by Crippen LogP contribution is -2.54. The van der Waals surface area contributed by atoms with E-state index >= 15 is 0 Å². The van der Waals surface area contributed by atoms with Gasteiger partial charge in [-0.15, -0.1) is 10.2 Å². The van der Waals surface area contributed by atoms with Crippen LogP contribution in [0, 0.1) is 0 Å². The van der Waals surface area contributed by atoms with Crippen molar-refractivity contribution >= 4 is 23.5 Å². The molecule has 4 fully saturated rings. The molecule has 0 saturated carbocycles. The van der Waals surface area contributed by atoms with Gasteiger partial charge >= 0.3 is 6.09 Å². The van der Waals surface area contributed by atoms with Crippen LogP contribution >= 0.6 is 0 Å². The van der Waals surface area contributed by atoms with Gasteiger partial charge in [0, 0.05) is 62.3 Å². The molecule has 12 heteroatoms. The highest BCUT2D eigenvalue weighted by Crippen LogP contribution is 2.38. The monoisotopic (exact) mass is 641 g/mol. The first-order chi connectivity index (χ1) is 22.6. The lowest BCUT2D eigenvalue weighted by atomic mass is 9.89. The molecule has 1 aromatic carbocycles. The van der Waals surface area contributed by atoms with Crippen LogP contribution in [-0.4, -0.2) is 104 Å². The number of benzene rings is 1. The maximum Gasteiger partial charge on any atom is 0.410 e. The number of nitrogen functional groups attached to an aromatic ring is 1. The minimum atomic E-state index is -0.458. The largest absolute Gasteiger partial charge is 0.507 e. The number of nitrogens with zero attached hydrogens (tertiary/aromatic N) is 8. The van der Waals surface area contributed by atoms with Crippen LogP contribution in [-0.2, 0) is 4.74 Å². The van der Waals surface area contributed by atoms with E-state index in [1.54, 1.807) is 12.1 Å². The summed E-state index contributed by atoms with van der Waals surface area (Å²) < 4.78 is 5.57. The number of anilines is 3. The zero-order valence-electron chi connectivity index (χ0n) is 27.8. The second kappa shape index (κ2) is 12.8. The molecule has 3 aromatic rings. The standard InChI is InChI=1S/C35H47N9O3/c1-35(2,3)47-34(46)42-16-12-25(13-17-42)41-14-10-23(11-15-41)24-19-37-33(38-20-24)44-26-8-9-27(44)22-43(21-26)30-18-29(39-40-32(30)36)28-6-4-5-7-31(28)45/h4-7,18-20,23,25-27,45H,8-17,21-22H2,1-3H3,(H2,36,40). The third kappa shape index (κ3) is 6.65. The highest BCUT2D eigenvalue weighted by molar-refractivity contribution is 5.74. The number of phenolic OH excluding ortho intramolecular Hbond substituents is 1. The molecule has 4 aliphatic heterocycles. The van der Waals surface area contributed by atoms with Crippen molar-refractivity contribution < 1.29 is 14.6 Å². The number of hydrogen-bond acceptors (Lipinski definition) is 11. The van der Waals surface area contributed by atoms with Crippen LogP contribution in [0.4, 0.5) is 22.2 Å². The Kier molecular flexibility index (Phi) is 8.54. The average Bonchev–Trinajstić information content (AvgIpc) is 3.33. The van der Waals surface area contributed by atoms with E-state index in [9.17, 15) is 9.90 Å². The molecule has 12 nitrogen and oxygen atoms in total. The van der Waals surface area contributed by atoms with Crippen molar-refractivity contribution in [2.75, 3.05) is 54.8 Å². The van der Waals surface area contributed by atoms with Crippen molar-refractivity contribution in [3.05, 3.63) is 48.3 Å². The topological polar surface area (TPSA) is 137 Å². The first-order valence-electron chi connectivity index (χ1n) is 17.1. The summed E-state index contributed by atoms with van der Waals surface area (Å²) in [7, 11) is 0. The van der Waals surface area contributed by atoms with E-state index in [0.29, 0.717) is 29.0 Å². The number of piperazine rings is 1. The number of piperidine rings is 2. The Bertz CT molecular complexity index is 1550. The molecule has 7 rings (SSSR count). The molecule has 2 bridgehead atoms. The van der Waals surface area contributed by atoms with Gasteiger partial charge in [-0.25, -0.2) is 14.8 Å². The van der Waals surface area contributed by atoms with Crippen LogP contribution in [0.1, 0.15) is 70.8 Å². The van der Waals surface area contributed by atoms with Crippen molar-refractivity contribution in [1.82, 2.24) is 30.0 Å². The number of nitrogens with two attached hydrogens (primary N) is 1. The summed E-state index contributed by atoms with van der Waals surface area (Å²) in [5.41, 5.74) is 9.20. The van der Waals surface area contributed by atoms with Crippen LogP contribution in [0.3, 0.4) is 0 Å². The van der Waals surface area contributed by atoms with Gasteiger partial charge in [0.2, 0.25) is 5.95 Å². The van der Waals surface area contributed by atoms with Crippen molar-refractivity contribution in [3.8, 4) is 17.0 Å². The quantitative estimate of drug-likeness (QED) is 0.403. The Morgan fingerprint density at radius 1 is 0.894 bits per heavy atom. The molecule has 4 saturated heterocycles. The number of phenols is 1. The third-order valence-corrected chi connectivity index (χ3v) is 10.3. The molecule has 1 amide bonds. The molecule has 2 aromatic heterocycles. The van der Waals surface area contributed by atoms with Crippen LogP contribution in [0.15, 0.2) is 42.7 Å². The fourth-order valence-corrected chi connectivity index (χ4v) is 7.91. The molecule has 0 aliphatic carbocycles. The maximum absolute atomic E-state index is 12.5. The molecular weight excluding hydrogens is 594 g/mol.